The van der Waals surface area contributed by atoms with E-state index in [1.54, 1.807) is 0 Å². The number of hydrogen-bond acceptors (Lipinski definition) is 6. The van der Waals surface area contributed by atoms with Crippen molar-refractivity contribution in [3.8, 4) is 0 Å². The van der Waals surface area contributed by atoms with Crippen LogP contribution in [0.5, 0.6) is 0 Å². The maximum absolute atomic E-state index is 11.5. The normalized spacial score (nSPS) is 11.9. The molecule has 25 heavy (non-hydrogen) atoms. The largest absolute Gasteiger partial charge is 0.450 e. The van der Waals surface area contributed by atoms with Crippen molar-refractivity contribution in [1.82, 2.24) is 10.6 Å². The summed E-state index contributed by atoms with van der Waals surface area (Å²) in [5, 5.41) is 5.38. The molecule has 8 nitrogen and oxygen atoms in total. The molecular weight excluding hydrogens is 324 g/mol. The number of alkyl carbamates (subject to hydrolysis) is 2. The van der Waals surface area contributed by atoms with Gasteiger partial charge in [0.1, 0.15) is 0 Å². The minimum Gasteiger partial charge on any atom is -0.450 e. The summed E-state index contributed by atoms with van der Waals surface area (Å²) in [5.41, 5.74) is 11.6. The molecule has 0 aliphatic heterocycles. The van der Waals surface area contributed by atoms with Crippen molar-refractivity contribution in [2.24, 2.45) is 17.4 Å². The number of carbonyl (C=O) groups excluding carboxylic acids is 2. The highest BCUT2D eigenvalue weighted by Crippen LogP contribution is 2.12. The third-order valence-electron chi connectivity index (χ3n) is 3.92. The predicted octanol–water partition coefficient (Wildman–Crippen LogP) is 1.72. The number of nitrogens with one attached hydrogen (secondary N) is 2. The van der Waals surface area contributed by atoms with Crippen LogP contribution in [0.1, 0.15) is 52.4 Å². The Hall–Kier alpha value is -1.54. The Kier molecular flexibility index (Phi) is 15.0. The predicted molar refractivity (Wildman–Crippen MR) is 98.3 cm³/mol. The lowest BCUT2D eigenvalue weighted by atomic mass is 9.94. The molecule has 8 heteroatoms. The SMILES string of the molecule is CCCCNC(=O)OCCC(CCOC(=O)NCCCC)C(N)CN. The molecule has 2 amide bonds. The Bertz CT molecular complexity index is 328. The van der Waals surface area contributed by atoms with Crippen LogP contribution < -0.4 is 22.1 Å². The van der Waals surface area contributed by atoms with Gasteiger partial charge in [-0.1, -0.05) is 26.7 Å². The maximum Gasteiger partial charge on any atom is 0.407 e. The fourth-order valence-corrected chi connectivity index (χ4v) is 2.21. The summed E-state index contributed by atoms with van der Waals surface area (Å²) in [6.45, 7) is 6.19. The zero-order valence-corrected chi connectivity index (χ0v) is 15.7. The second-order valence-electron chi connectivity index (χ2n) is 6.07. The number of ether oxygens (including phenoxy) is 2. The van der Waals surface area contributed by atoms with E-state index in [0.29, 0.717) is 32.5 Å². The molecule has 148 valence electrons. The average molecular weight is 360 g/mol. The molecule has 0 saturated carbocycles. The number of hydrogen-bond donors (Lipinski definition) is 4. The van der Waals surface area contributed by atoms with Gasteiger partial charge in [-0.05, 0) is 31.6 Å². The second kappa shape index (κ2) is 16.0. The number of amides is 2. The Morgan fingerprint density at radius 3 is 1.72 bits per heavy atom. The van der Waals surface area contributed by atoms with Gasteiger partial charge in [0.15, 0.2) is 0 Å². The highest BCUT2D eigenvalue weighted by molar-refractivity contribution is 5.67. The van der Waals surface area contributed by atoms with Gasteiger partial charge >= 0.3 is 12.2 Å². The van der Waals surface area contributed by atoms with Crippen molar-refractivity contribution < 1.29 is 19.1 Å². The fourth-order valence-electron chi connectivity index (χ4n) is 2.21. The molecule has 0 aliphatic carbocycles. The van der Waals surface area contributed by atoms with E-state index in [0.717, 1.165) is 25.7 Å². The van der Waals surface area contributed by atoms with E-state index in [2.05, 4.69) is 24.5 Å². The summed E-state index contributed by atoms with van der Waals surface area (Å²) >= 11 is 0. The van der Waals surface area contributed by atoms with Crippen molar-refractivity contribution in [2.45, 2.75) is 58.4 Å². The van der Waals surface area contributed by atoms with E-state index in [4.69, 9.17) is 20.9 Å². The Labute approximate surface area is 151 Å². The molecule has 0 spiro atoms. The first-order chi connectivity index (χ1) is 12.0. The fraction of sp³-hybridized carbons (Fsp3) is 0.882. The average Bonchev–Trinajstić information content (AvgIpc) is 2.60. The molecule has 0 fully saturated rings. The van der Waals surface area contributed by atoms with Gasteiger partial charge in [-0.25, -0.2) is 9.59 Å². The third-order valence-corrected chi connectivity index (χ3v) is 3.92. The monoisotopic (exact) mass is 360 g/mol. The van der Waals surface area contributed by atoms with Crippen molar-refractivity contribution in [3.05, 3.63) is 0 Å². The maximum atomic E-state index is 11.5. The number of nitrogens with two attached hydrogens (primary N) is 2. The van der Waals surface area contributed by atoms with Crippen molar-refractivity contribution in [2.75, 3.05) is 32.8 Å². The molecular formula is C17H36N4O4. The van der Waals surface area contributed by atoms with Gasteiger partial charge in [-0.2, -0.15) is 0 Å². The molecule has 1 unspecified atom stereocenters. The van der Waals surface area contributed by atoms with Crippen LogP contribution >= 0.6 is 0 Å². The van der Waals surface area contributed by atoms with Crippen LogP contribution in [0.4, 0.5) is 9.59 Å². The molecule has 0 radical (unpaired) electrons. The highest BCUT2D eigenvalue weighted by Gasteiger charge is 2.18. The van der Waals surface area contributed by atoms with E-state index in [-0.39, 0.29) is 25.2 Å². The molecule has 0 rings (SSSR count). The highest BCUT2D eigenvalue weighted by atomic mass is 16.6. The van der Waals surface area contributed by atoms with E-state index < -0.39 is 12.2 Å². The zero-order chi connectivity index (χ0) is 18.9. The van der Waals surface area contributed by atoms with Crippen LogP contribution in [-0.4, -0.2) is 51.1 Å². The summed E-state index contributed by atoms with van der Waals surface area (Å²) < 4.78 is 10.3. The number of rotatable bonds is 14. The first kappa shape index (κ1) is 23.5. The molecule has 6 N–H and O–H groups in total. The standard InChI is InChI=1S/C17H36N4O4/c1-3-5-9-20-16(22)24-11-7-14(15(19)13-18)8-12-25-17(23)21-10-6-4-2/h14-15H,3-13,18-19H2,1-2H3,(H,20,22)(H,21,23). The lowest BCUT2D eigenvalue weighted by Crippen LogP contribution is -2.39. The molecule has 0 aromatic carbocycles. The summed E-state index contributed by atoms with van der Waals surface area (Å²) in [6.07, 6.45) is 4.21. The topological polar surface area (TPSA) is 129 Å². The molecule has 1 atom stereocenters. The van der Waals surface area contributed by atoms with E-state index in [1.807, 2.05) is 0 Å². The van der Waals surface area contributed by atoms with E-state index >= 15 is 0 Å². The third kappa shape index (κ3) is 13.4. The van der Waals surface area contributed by atoms with E-state index in [1.165, 1.54) is 0 Å². The van der Waals surface area contributed by atoms with Crippen LogP contribution in [0, 0.1) is 5.92 Å². The van der Waals surface area contributed by atoms with Gasteiger partial charge in [0.2, 0.25) is 0 Å². The summed E-state index contributed by atoms with van der Waals surface area (Å²) in [6, 6.07) is -0.224. The van der Waals surface area contributed by atoms with Crippen molar-refractivity contribution in [3.63, 3.8) is 0 Å². The molecule has 0 aliphatic rings. The van der Waals surface area contributed by atoms with Crippen LogP contribution in [0.15, 0.2) is 0 Å². The van der Waals surface area contributed by atoms with Gasteiger partial charge in [0.25, 0.3) is 0 Å². The Morgan fingerprint density at radius 2 is 1.36 bits per heavy atom. The lowest BCUT2D eigenvalue weighted by molar-refractivity contribution is 0.121. The Balaban J connectivity index is 4.00. The van der Waals surface area contributed by atoms with Crippen molar-refractivity contribution in [1.29, 1.82) is 0 Å². The van der Waals surface area contributed by atoms with Crippen LogP contribution in [0.2, 0.25) is 0 Å². The van der Waals surface area contributed by atoms with Crippen LogP contribution in [0.3, 0.4) is 0 Å². The minimum absolute atomic E-state index is 0.0249. The van der Waals surface area contributed by atoms with Crippen LogP contribution in [-0.2, 0) is 9.47 Å². The quantitative estimate of drug-likeness (QED) is 0.349. The van der Waals surface area contributed by atoms with Crippen LogP contribution in [0.25, 0.3) is 0 Å². The summed E-state index contributed by atoms with van der Waals surface area (Å²) in [4.78, 5) is 23.0. The molecule has 0 saturated heterocycles. The summed E-state index contributed by atoms with van der Waals surface area (Å²) in [7, 11) is 0. The van der Waals surface area contributed by atoms with Gasteiger partial charge in [-0.3, -0.25) is 0 Å². The van der Waals surface area contributed by atoms with Gasteiger partial charge < -0.3 is 31.6 Å². The van der Waals surface area contributed by atoms with Gasteiger partial charge in [0, 0.05) is 25.7 Å². The summed E-state index contributed by atoms with van der Waals surface area (Å²) in [5.74, 6) is 0.0249. The smallest absolute Gasteiger partial charge is 0.407 e. The molecule has 0 aromatic rings. The van der Waals surface area contributed by atoms with Gasteiger partial charge in [-0.15, -0.1) is 0 Å². The van der Waals surface area contributed by atoms with E-state index in [9.17, 15) is 9.59 Å². The lowest BCUT2D eigenvalue weighted by Gasteiger charge is -2.22. The zero-order valence-electron chi connectivity index (χ0n) is 15.7. The number of carbonyl (C=O) groups is 2. The first-order valence-corrected chi connectivity index (χ1v) is 9.31. The molecule has 0 bridgehead atoms. The Morgan fingerprint density at radius 1 is 0.920 bits per heavy atom. The number of unbranched alkanes of at least 4 members (excludes halogenated alkanes) is 2. The minimum atomic E-state index is -0.417. The first-order valence-electron chi connectivity index (χ1n) is 9.31. The van der Waals surface area contributed by atoms with Crippen molar-refractivity contribution >= 4 is 12.2 Å². The second-order valence-corrected chi connectivity index (χ2v) is 6.07. The molecule has 0 aromatic heterocycles. The molecule has 0 heterocycles. The van der Waals surface area contributed by atoms with Gasteiger partial charge in [0.05, 0.1) is 13.2 Å².